The molecule has 28 heavy (non-hydrogen) atoms. The lowest BCUT2D eigenvalue weighted by Crippen LogP contribution is -2.50. The zero-order valence-corrected chi connectivity index (χ0v) is 16.6. The van der Waals surface area contributed by atoms with E-state index >= 15 is 0 Å². The summed E-state index contributed by atoms with van der Waals surface area (Å²) >= 11 is 6.56. The van der Waals surface area contributed by atoms with Crippen LogP contribution in [0.3, 0.4) is 0 Å². The number of para-hydroxylation sites is 1. The van der Waals surface area contributed by atoms with Crippen LogP contribution in [0.1, 0.15) is 37.6 Å². The Balaban J connectivity index is 1.88. The largest absolute Gasteiger partial charge is 0.426 e. The van der Waals surface area contributed by atoms with E-state index in [0.29, 0.717) is 23.4 Å². The number of carbonyl (C=O) groups is 2. The third kappa shape index (κ3) is 3.97. The van der Waals surface area contributed by atoms with E-state index in [1.165, 1.54) is 13.0 Å². The highest BCUT2D eigenvalue weighted by atomic mass is 35.5. The van der Waals surface area contributed by atoms with Crippen molar-refractivity contribution >= 4 is 29.2 Å². The maximum absolute atomic E-state index is 14.3. The van der Waals surface area contributed by atoms with Crippen molar-refractivity contribution in [2.24, 2.45) is 0 Å². The van der Waals surface area contributed by atoms with Crippen LogP contribution in [-0.4, -0.2) is 24.5 Å². The summed E-state index contributed by atoms with van der Waals surface area (Å²) in [5, 5.41) is -0.634. The van der Waals surface area contributed by atoms with Gasteiger partial charge in [0.1, 0.15) is 5.75 Å². The van der Waals surface area contributed by atoms with Crippen molar-refractivity contribution in [2.45, 2.75) is 37.6 Å². The number of nitrogens with zero attached hydrogens (tertiary/aromatic N) is 1. The molecule has 0 saturated carbocycles. The monoisotopic (exact) mass is 405 g/mol. The van der Waals surface area contributed by atoms with Crippen LogP contribution in [-0.2, 0) is 9.59 Å². The minimum absolute atomic E-state index is 0.0847. The fourth-order valence-corrected chi connectivity index (χ4v) is 4.02. The molecule has 3 rings (SSSR count). The fourth-order valence-electron chi connectivity index (χ4n) is 3.48. The second-order valence-corrected chi connectivity index (χ2v) is 7.62. The van der Waals surface area contributed by atoms with E-state index in [1.807, 2.05) is 17.9 Å². The molecule has 0 aromatic heterocycles. The molecule has 0 N–H and O–H groups in total. The average Bonchev–Trinajstić information content (AvgIpc) is 2.61. The van der Waals surface area contributed by atoms with Crippen molar-refractivity contribution < 1.29 is 23.5 Å². The van der Waals surface area contributed by atoms with Crippen LogP contribution in [0.2, 0.25) is 0 Å². The van der Waals surface area contributed by atoms with Crippen molar-refractivity contribution in [3.8, 4) is 11.5 Å². The highest BCUT2D eigenvalue weighted by Gasteiger charge is 2.43. The van der Waals surface area contributed by atoms with E-state index in [4.69, 9.17) is 21.1 Å². The molecule has 0 fully saturated rings. The minimum atomic E-state index is -0.656. The number of hydrogen-bond acceptors (Lipinski definition) is 5. The minimum Gasteiger partial charge on any atom is -0.426 e. The molecule has 0 amide bonds. The van der Waals surface area contributed by atoms with Crippen molar-refractivity contribution in [2.75, 3.05) is 11.9 Å². The molecule has 1 heterocycles. The van der Waals surface area contributed by atoms with Crippen LogP contribution in [0.5, 0.6) is 11.5 Å². The lowest BCUT2D eigenvalue weighted by molar-refractivity contribution is -0.135. The van der Waals surface area contributed by atoms with Crippen LogP contribution in [0.4, 0.5) is 10.1 Å². The first kappa shape index (κ1) is 20.1. The smallest absolute Gasteiger partial charge is 0.313 e. The summed E-state index contributed by atoms with van der Waals surface area (Å²) in [5.74, 6) is -1.36. The van der Waals surface area contributed by atoms with Gasteiger partial charge in [-0.05, 0) is 37.6 Å². The third-order valence-corrected chi connectivity index (χ3v) is 5.35. The zero-order chi connectivity index (χ0) is 20.5. The van der Waals surface area contributed by atoms with Gasteiger partial charge in [-0.25, -0.2) is 4.39 Å². The molecule has 2 aromatic rings. The van der Waals surface area contributed by atoms with Crippen LogP contribution < -0.4 is 14.4 Å². The standard InChI is InChI=1S/C21H21ClFNO4/c1-13(25)27-20-16(23)9-10-17-19(20)15(22)11-21(2,24(17)3)12-18(26)28-14-7-5-4-6-8-14/h4-10,15H,11-12H2,1-3H3. The Kier molecular flexibility index (Phi) is 5.61. The van der Waals surface area contributed by atoms with Crippen molar-refractivity contribution in [1.29, 1.82) is 0 Å². The van der Waals surface area contributed by atoms with E-state index in [-0.39, 0.29) is 12.2 Å². The Morgan fingerprint density at radius 1 is 1.21 bits per heavy atom. The number of carbonyl (C=O) groups excluding carboxylic acids is 2. The van der Waals surface area contributed by atoms with Crippen LogP contribution in [0.15, 0.2) is 42.5 Å². The molecule has 2 aromatic carbocycles. The summed E-state index contributed by atoms with van der Waals surface area (Å²) in [6.07, 6.45) is 0.432. The SMILES string of the molecule is CC(=O)Oc1c(F)ccc2c1C(Cl)CC(C)(CC(=O)Oc1ccccc1)N2C. The zero-order valence-electron chi connectivity index (χ0n) is 15.9. The Bertz CT molecular complexity index is 905. The van der Waals surface area contributed by atoms with E-state index in [1.54, 1.807) is 37.4 Å². The lowest BCUT2D eigenvalue weighted by atomic mass is 9.82. The topological polar surface area (TPSA) is 55.8 Å². The van der Waals surface area contributed by atoms with E-state index < -0.39 is 28.7 Å². The molecule has 0 bridgehead atoms. The van der Waals surface area contributed by atoms with E-state index in [2.05, 4.69) is 0 Å². The van der Waals surface area contributed by atoms with Crippen LogP contribution in [0, 0.1) is 5.82 Å². The lowest BCUT2D eigenvalue weighted by Gasteiger charge is -2.46. The number of alkyl halides is 1. The van der Waals surface area contributed by atoms with Gasteiger partial charge in [-0.15, -0.1) is 11.6 Å². The predicted molar refractivity (Wildman–Crippen MR) is 104 cm³/mol. The van der Waals surface area contributed by atoms with Crippen molar-refractivity contribution in [3.05, 3.63) is 53.8 Å². The molecule has 1 aliphatic heterocycles. The molecule has 0 spiro atoms. The number of anilines is 1. The molecule has 0 radical (unpaired) electrons. The van der Waals surface area contributed by atoms with Gasteiger partial charge in [0, 0.05) is 30.8 Å². The van der Waals surface area contributed by atoms with Crippen molar-refractivity contribution in [1.82, 2.24) is 0 Å². The second kappa shape index (κ2) is 7.80. The molecular weight excluding hydrogens is 385 g/mol. The third-order valence-electron chi connectivity index (χ3n) is 4.97. The number of hydrogen-bond donors (Lipinski definition) is 0. The number of ether oxygens (including phenoxy) is 2. The molecular formula is C21H21ClFNO4. The molecule has 2 atom stereocenters. The van der Waals surface area contributed by atoms with Crippen LogP contribution in [0.25, 0.3) is 0 Å². The van der Waals surface area contributed by atoms with Gasteiger partial charge in [0.25, 0.3) is 0 Å². The van der Waals surface area contributed by atoms with Gasteiger partial charge in [-0.2, -0.15) is 0 Å². The van der Waals surface area contributed by atoms with E-state index in [9.17, 15) is 14.0 Å². The van der Waals surface area contributed by atoms with Gasteiger partial charge >= 0.3 is 11.9 Å². The highest BCUT2D eigenvalue weighted by Crippen LogP contribution is 2.50. The Morgan fingerprint density at radius 2 is 1.89 bits per heavy atom. The predicted octanol–water partition coefficient (Wildman–Crippen LogP) is 4.63. The normalized spacial score (nSPS) is 21.0. The second-order valence-electron chi connectivity index (χ2n) is 7.09. The van der Waals surface area contributed by atoms with Gasteiger partial charge in [0.05, 0.1) is 11.8 Å². The number of fused-ring (bicyclic) bond motifs is 1. The molecule has 1 aliphatic rings. The molecule has 7 heteroatoms. The summed E-state index contributed by atoms with van der Waals surface area (Å²) in [5.41, 5.74) is 0.364. The summed E-state index contributed by atoms with van der Waals surface area (Å²) in [6.45, 7) is 3.10. The van der Waals surface area contributed by atoms with Gasteiger partial charge in [0.2, 0.25) is 0 Å². The van der Waals surface area contributed by atoms with Gasteiger partial charge in [-0.1, -0.05) is 18.2 Å². The molecule has 0 saturated heterocycles. The Labute approximate surface area is 168 Å². The summed E-state index contributed by atoms with van der Waals surface area (Å²) < 4.78 is 24.7. The maximum atomic E-state index is 14.3. The number of rotatable bonds is 4. The fraction of sp³-hybridized carbons (Fsp3) is 0.333. The average molecular weight is 406 g/mol. The molecule has 2 unspecified atom stereocenters. The van der Waals surface area contributed by atoms with Gasteiger partial charge in [0.15, 0.2) is 11.6 Å². The first-order valence-electron chi connectivity index (χ1n) is 8.86. The molecule has 0 aliphatic carbocycles. The number of esters is 2. The van der Waals surface area contributed by atoms with Gasteiger partial charge < -0.3 is 14.4 Å². The van der Waals surface area contributed by atoms with Crippen molar-refractivity contribution in [3.63, 3.8) is 0 Å². The molecule has 5 nitrogen and oxygen atoms in total. The number of halogens is 2. The summed E-state index contributed by atoms with van der Waals surface area (Å²) in [7, 11) is 1.80. The maximum Gasteiger partial charge on any atom is 0.313 e. The summed E-state index contributed by atoms with van der Waals surface area (Å²) in [4.78, 5) is 25.7. The first-order valence-corrected chi connectivity index (χ1v) is 9.29. The molecule has 148 valence electrons. The van der Waals surface area contributed by atoms with E-state index in [0.717, 1.165) is 0 Å². The quantitative estimate of drug-likeness (QED) is 0.422. The summed E-state index contributed by atoms with van der Waals surface area (Å²) in [6, 6.07) is 11.6. The number of benzene rings is 2. The Morgan fingerprint density at radius 3 is 2.54 bits per heavy atom. The van der Waals surface area contributed by atoms with Crippen LogP contribution >= 0.6 is 11.6 Å². The Hall–Kier alpha value is -2.60. The van der Waals surface area contributed by atoms with Gasteiger partial charge in [-0.3, -0.25) is 9.59 Å². The first-order chi connectivity index (χ1) is 13.2. The highest BCUT2D eigenvalue weighted by molar-refractivity contribution is 6.22.